The average molecular weight is 553 g/mol. The Morgan fingerprint density at radius 1 is 0.395 bits per heavy atom. The molecule has 0 aliphatic rings. The van der Waals surface area contributed by atoms with Gasteiger partial charge in [0.25, 0.3) is 0 Å². The molecule has 3 heterocycles. The first-order valence-corrected chi connectivity index (χ1v) is 14.1. The quantitative estimate of drug-likeness (QED) is 0.214. The van der Waals surface area contributed by atoms with Crippen molar-refractivity contribution in [3.05, 3.63) is 146 Å². The summed E-state index contributed by atoms with van der Waals surface area (Å²) in [5, 5.41) is 6.97. The van der Waals surface area contributed by atoms with E-state index in [0.717, 1.165) is 49.8 Å². The Hall–Kier alpha value is -6.01. The number of pyridine rings is 1. The standard InChI is InChI=1S/C37H24N6/c1-4-12-25(13-5-1)34-39-35(26-14-6-2-7-15-26)41-36(40-34)30-20-10-18-28(22-30)31-21-11-19-29-23-33-38-37(27-16-8-3-9-17-27)42-43(33)24-32(29)31/h1-24H. The summed E-state index contributed by atoms with van der Waals surface area (Å²) in [4.78, 5) is 19.5. The highest BCUT2D eigenvalue weighted by Gasteiger charge is 2.14. The molecule has 0 fully saturated rings. The average Bonchev–Trinajstić information content (AvgIpc) is 3.51. The van der Waals surface area contributed by atoms with Crippen LogP contribution in [0.5, 0.6) is 0 Å². The van der Waals surface area contributed by atoms with E-state index in [1.165, 1.54) is 0 Å². The van der Waals surface area contributed by atoms with Gasteiger partial charge in [-0.1, -0.05) is 127 Å². The van der Waals surface area contributed by atoms with E-state index in [2.05, 4.69) is 54.7 Å². The molecule has 0 saturated carbocycles. The van der Waals surface area contributed by atoms with Gasteiger partial charge in [0, 0.05) is 33.8 Å². The number of fused-ring (bicyclic) bond motifs is 2. The molecule has 0 radical (unpaired) electrons. The monoisotopic (exact) mass is 552 g/mol. The maximum atomic E-state index is 4.92. The lowest BCUT2D eigenvalue weighted by atomic mass is 9.98. The second-order valence-corrected chi connectivity index (χ2v) is 10.3. The Morgan fingerprint density at radius 2 is 0.907 bits per heavy atom. The molecule has 202 valence electrons. The molecule has 0 spiro atoms. The molecule has 0 unspecified atom stereocenters. The van der Waals surface area contributed by atoms with Gasteiger partial charge in [-0.3, -0.25) is 0 Å². The summed E-state index contributed by atoms with van der Waals surface area (Å²) in [5.74, 6) is 2.62. The van der Waals surface area contributed by atoms with E-state index >= 15 is 0 Å². The third-order valence-corrected chi connectivity index (χ3v) is 7.50. The van der Waals surface area contributed by atoms with Gasteiger partial charge >= 0.3 is 0 Å². The summed E-state index contributed by atoms with van der Waals surface area (Å²) in [6.45, 7) is 0. The molecule has 43 heavy (non-hydrogen) atoms. The Balaban J connectivity index is 1.25. The second kappa shape index (κ2) is 10.4. The van der Waals surface area contributed by atoms with Crippen molar-refractivity contribution in [3.8, 4) is 56.7 Å². The molecule has 0 aliphatic carbocycles. The molecule has 0 N–H and O–H groups in total. The highest BCUT2D eigenvalue weighted by atomic mass is 15.3. The highest BCUT2D eigenvalue weighted by Crippen LogP contribution is 2.33. The number of benzene rings is 5. The summed E-state index contributed by atoms with van der Waals surface area (Å²) in [6.07, 6.45) is 2.07. The van der Waals surface area contributed by atoms with Crippen LogP contribution >= 0.6 is 0 Å². The van der Waals surface area contributed by atoms with Gasteiger partial charge in [0.1, 0.15) is 0 Å². The van der Waals surface area contributed by atoms with E-state index in [1.54, 1.807) is 0 Å². The Labute approximate surface area is 248 Å². The van der Waals surface area contributed by atoms with E-state index in [0.29, 0.717) is 23.3 Å². The zero-order valence-electron chi connectivity index (χ0n) is 23.0. The second-order valence-electron chi connectivity index (χ2n) is 10.3. The van der Waals surface area contributed by atoms with E-state index in [4.69, 9.17) is 25.0 Å². The van der Waals surface area contributed by atoms with Gasteiger partial charge in [0.05, 0.1) is 0 Å². The minimum absolute atomic E-state index is 0.626. The third kappa shape index (κ3) is 4.71. The summed E-state index contributed by atoms with van der Waals surface area (Å²) in [6, 6.07) is 46.9. The van der Waals surface area contributed by atoms with E-state index in [9.17, 15) is 0 Å². The summed E-state index contributed by atoms with van der Waals surface area (Å²) < 4.78 is 1.86. The largest absolute Gasteiger partial charge is 0.220 e. The minimum Gasteiger partial charge on any atom is -0.220 e. The van der Waals surface area contributed by atoms with Crippen LogP contribution in [0.15, 0.2) is 146 Å². The molecule has 6 nitrogen and oxygen atoms in total. The van der Waals surface area contributed by atoms with Crippen LogP contribution < -0.4 is 0 Å². The van der Waals surface area contributed by atoms with Crippen molar-refractivity contribution in [2.75, 3.05) is 0 Å². The van der Waals surface area contributed by atoms with Gasteiger partial charge in [0.2, 0.25) is 0 Å². The molecule has 0 saturated heterocycles. The lowest BCUT2D eigenvalue weighted by Crippen LogP contribution is -2.00. The molecular formula is C37H24N6. The predicted octanol–water partition coefficient (Wildman–Crippen LogP) is 8.40. The maximum Gasteiger partial charge on any atom is 0.182 e. The maximum absolute atomic E-state index is 4.92. The Bertz CT molecular complexity index is 2170. The molecule has 8 rings (SSSR count). The molecule has 3 aromatic heterocycles. The van der Waals surface area contributed by atoms with Crippen molar-refractivity contribution in [2.45, 2.75) is 0 Å². The summed E-state index contributed by atoms with van der Waals surface area (Å²) in [7, 11) is 0. The first-order chi connectivity index (χ1) is 21.3. The van der Waals surface area contributed by atoms with Crippen LogP contribution in [0, 0.1) is 0 Å². The van der Waals surface area contributed by atoms with Crippen molar-refractivity contribution in [3.63, 3.8) is 0 Å². The fourth-order valence-electron chi connectivity index (χ4n) is 5.37. The van der Waals surface area contributed by atoms with Crippen molar-refractivity contribution >= 4 is 16.4 Å². The van der Waals surface area contributed by atoms with Crippen LogP contribution in [0.1, 0.15) is 0 Å². The van der Waals surface area contributed by atoms with E-state index < -0.39 is 0 Å². The first-order valence-electron chi connectivity index (χ1n) is 14.1. The molecule has 0 aliphatic heterocycles. The van der Waals surface area contributed by atoms with Gasteiger partial charge in [-0.05, 0) is 28.6 Å². The fourth-order valence-corrected chi connectivity index (χ4v) is 5.37. The zero-order valence-corrected chi connectivity index (χ0v) is 23.0. The first kappa shape index (κ1) is 24.8. The molecular weight excluding hydrogens is 528 g/mol. The van der Waals surface area contributed by atoms with Crippen molar-refractivity contribution < 1.29 is 0 Å². The van der Waals surface area contributed by atoms with Gasteiger partial charge in [-0.2, -0.15) is 0 Å². The highest BCUT2D eigenvalue weighted by molar-refractivity contribution is 5.98. The number of rotatable bonds is 5. The summed E-state index contributed by atoms with van der Waals surface area (Å²) in [5.41, 5.74) is 6.77. The van der Waals surface area contributed by atoms with Gasteiger partial charge < -0.3 is 0 Å². The number of hydrogen-bond acceptors (Lipinski definition) is 5. The number of hydrogen-bond donors (Lipinski definition) is 0. The van der Waals surface area contributed by atoms with Gasteiger partial charge in [-0.15, -0.1) is 5.10 Å². The number of aromatic nitrogens is 6. The molecule has 0 amide bonds. The van der Waals surface area contributed by atoms with Crippen molar-refractivity contribution in [1.82, 2.24) is 29.5 Å². The van der Waals surface area contributed by atoms with E-state index in [-0.39, 0.29) is 0 Å². The Morgan fingerprint density at radius 3 is 1.53 bits per heavy atom. The van der Waals surface area contributed by atoms with E-state index in [1.807, 2.05) is 95.5 Å². The lowest BCUT2D eigenvalue weighted by Gasteiger charge is -2.11. The van der Waals surface area contributed by atoms with Crippen LogP contribution in [0.4, 0.5) is 0 Å². The molecule has 5 aromatic carbocycles. The minimum atomic E-state index is 0.626. The van der Waals surface area contributed by atoms with Crippen LogP contribution in [0.3, 0.4) is 0 Å². The van der Waals surface area contributed by atoms with Crippen LogP contribution in [-0.2, 0) is 0 Å². The lowest BCUT2D eigenvalue weighted by molar-refractivity contribution is 0.974. The topological polar surface area (TPSA) is 68.9 Å². The predicted molar refractivity (Wildman–Crippen MR) is 171 cm³/mol. The third-order valence-electron chi connectivity index (χ3n) is 7.50. The summed E-state index contributed by atoms with van der Waals surface area (Å²) >= 11 is 0. The van der Waals surface area contributed by atoms with Crippen LogP contribution in [0.2, 0.25) is 0 Å². The Kier molecular flexibility index (Phi) is 6.01. The molecule has 8 aromatic rings. The fraction of sp³-hybridized carbons (Fsp3) is 0. The normalized spacial score (nSPS) is 11.3. The van der Waals surface area contributed by atoms with Crippen molar-refractivity contribution in [1.29, 1.82) is 0 Å². The van der Waals surface area contributed by atoms with Crippen LogP contribution in [-0.4, -0.2) is 29.5 Å². The molecule has 0 bridgehead atoms. The van der Waals surface area contributed by atoms with Crippen LogP contribution in [0.25, 0.3) is 73.1 Å². The zero-order chi connectivity index (χ0) is 28.6. The van der Waals surface area contributed by atoms with Gasteiger partial charge in [0.15, 0.2) is 28.9 Å². The smallest absolute Gasteiger partial charge is 0.182 e. The van der Waals surface area contributed by atoms with Crippen molar-refractivity contribution in [2.24, 2.45) is 0 Å². The SMILES string of the molecule is c1ccc(-c2nc(-c3ccccc3)nc(-c3cccc(-c4cccc5cc6nc(-c7ccccc7)nn6cc45)c3)n2)cc1. The molecule has 0 atom stereocenters. The molecule has 6 heteroatoms. The number of nitrogens with zero attached hydrogens (tertiary/aromatic N) is 6. The van der Waals surface area contributed by atoms with Gasteiger partial charge in [-0.25, -0.2) is 24.5 Å².